The van der Waals surface area contributed by atoms with Crippen LogP contribution in [0.1, 0.15) is 19.6 Å². The first-order chi connectivity index (χ1) is 12.5. The summed E-state index contributed by atoms with van der Waals surface area (Å²) in [6.07, 6.45) is 1.52. The average Bonchev–Trinajstić information content (AvgIpc) is 3.20. The van der Waals surface area contributed by atoms with Gasteiger partial charge in [0.15, 0.2) is 5.88 Å². The van der Waals surface area contributed by atoms with Crippen molar-refractivity contribution in [3.8, 4) is 0 Å². The van der Waals surface area contributed by atoms with E-state index in [1.807, 2.05) is 6.07 Å². The largest absolute Gasteiger partial charge is 0.464 e. The van der Waals surface area contributed by atoms with E-state index in [1.165, 1.54) is 13.0 Å². The molecular formula is C17H20N2O6S. The molecule has 9 heteroatoms. The van der Waals surface area contributed by atoms with Crippen molar-refractivity contribution < 1.29 is 28.3 Å². The van der Waals surface area contributed by atoms with E-state index >= 15 is 0 Å². The van der Waals surface area contributed by atoms with Crippen molar-refractivity contribution in [2.24, 2.45) is 0 Å². The predicted molar refractivity (Wildman–Crippen MR) is 95.6 cm³/mol. The molecule has 140 valence electrons. The highest BCUT2D eigenvalue weighted by Crippen LogP contribution is 2.34. The molecule has 1 aromatic heterocycles. The van der Waals surface area contributed by atoms with Crippen LogP contribution < -0.4 is 4.90 Å². The average molecular weight is 380 g/mol. The van der Waals surface area contributed by atoms with Crippen molar-refractivity contribution in [1.82, 2.24) is 4.90 Å². The molecule has 0 N–H and O–H groups in total. The van der Waals surface area contributed by atoms with Crippen LogP contribution in [0.4, 0.5) is 10.7 Å². The number of nitrogens with zero attached hydrogens (tertiary/aromatic N) is 2. The Bertz CT molecular complexity index is 737. The molecule has 2 fully saturated rings. The lowest BCUT2D eigenvalue weighted by Crippen LogP contribution is -2.42. The summed E-state index contributed by atoms with van der Waals surface area (Å²) in [6.45, 7) is 6.08. The molecule has 8 nitrogen and oxygen atoms in total. The number of thioether (sulfide) groups is 1. The fourth-order valence-electron chi connectivity index (χ4n) is 2.68. The number of carbonyl (C=O) groups is 3. The van der Waals surface area contributed by atoms with Crippen LogP contribution >= 0.6 is 11.8 Å². The Kier molecular flexibility index (Phi) is 5.67. The maximum atomic E-state index is 12.5. The van der Waals surface area contributed by atoms with Crippen molar-refractivity contribution in [2.75, 3.05) is 37.8 Å². The SMILES string of the molecule is CCOC(=O)[C@@H](C)N1C(=O)S/C(=C/c2ccc(N3CCOCC3)o2)C1=O. The molecule has 3 rings (SSSR count). The smallest absolute Gasteiger partial charge is 0.329 e. The van der Waals surface area contributed by atoms with Gasteiger partial charge in [-0.2, -0.15) is 0 Å². The number of esters is 1. The molecule has 0 spiro atoms. The van der Waals surface area contributed by atoms with Gasteiger partial charge in [-0.05, 0) is 31.7 Å². The van der Waals surface area contributed by atoms with Crippen LogP contribution in [-0.2, 0) is 19.1 Å². The number of rotatable bonds is 5. The minimum Gasteiger partial charge on any atom is -0.464 e. The van der Waals surface area contributed by atoms with Gasteiger partial charge >= 0.3 is 5.97 Å². The van der Waals surface area contributed by atoms with Gasteiger partial charge in [0, 0.05) is 25.2 Å². The maximum Gasteiger partial charge on any atom is 0.329 e. The molecule has 2 amide bonds. The van der Waals surface area contributed by atoms with E-state index in [9.17, 15) is 14.4 Å². The maximum absolute atomic E-state index is 12.5. The Labute approximate surface area is 155 Å². The van der Waals surface area contributed by atoms with Crippen LogP contribution in [0.2, 0.25) is 0 Å². The van der Waals surface area contributed by atoms with Crippen LogP contribution in [0, 0.1) is 0 Å². The van der Waals surface area contributed by atoms with Gasteiger partial charge in [-0.3, -0.25) is 14.5 Å². The molecule has 0 saturated carbocycles. The molecule has 0 aromatic carbocycles. The van der Waals surface area contributed by atoms with E-state index in [0.717, 1.165) is 29.8 Å². The lowest BCUT2D eigenvalue weighted by Gasteiger charge is -2.26. The zero-order valence-corrected chi connectivity index (χ0v) is 15.4. The van der Waals surface area contributed by atoms with Gasteiger partial charge in [0.25, 0.3) is 11.1 Å². The van der Waals surface area contributed by atoms with Crippen LogP contribution in [-0.4, -0.2) is 61.0 Å². The molecule has 1 aromatic rings. The Morgan fingerprint density at radius 3 is 2.77 bits per heavy atom. The third kappa shape index (κ3) is 3.78. The standard InChI is InChI=1S/C17H20N2O6S/c1-3-24-16(21)11(2)19-15(20)13(26-17(19)22)10-12-4-5-14(25-12)18-6-8-23-9-7-18/h4-5,10-11H,3,6-9H2,1-2H3/b13-10+/t11-/m1/s1. The molecule has 0 bridgehead atoms. The molecule has 0 aliphatic carbocycles. The van der Waals surface area contributed by atoms with Crippen LogP contribution in [0.5, 0.6) is 0 Å². The first-order valence-corrected chi connectivity index (χ1v) is 9.19. The number of furan rings is 1. The fourth-order valence-corrected chi connectivity index (χ4v) is 3.57. The predicted octanol–water partition coefficient (Wildman–Crippen LogP) is 2.10. The third-order valence-electron chi connectivity index (χ3n) is 4.05. The zero-order chi connectivity index (χ0) is 18.7. The van der Waals surface area contributed by atoms with Gasteiger partial charge in [-0.25, -0.2) is 4.79 Å². The molecule has 2 saturated heterocycles. The minimum absolute atomic E-state index is 0.186. The summed E-state index contributed by atoms with van der Waals surface area (Å²) < 4.78 is 16.0. The Morgan fingerprint density at radius 1 is 1.35 bits per heavy atom. The van der Waals surface area contributed by atoms with Crippen molar-refractivity contribution >= 4 is 40.8 Å². The third-order valence-corrected chi connectivity index (χ3v) is 4.93. The monoisotopic (exact) mass is 380 g/mol. The molecular weight excluding hydrogens is 360 g/mol. The number of amides is 2. The second-order valence-corrected chi connectivity index (χ2v) is 6.75. The summed E-state index contributed by atoms with van der Waals surface area (Å²) in [6, 6.07) is 2.60. The second kappa shape index (κ2) is 7.96. The summed E-state index contributed by atoms with van der Waals surface area (Å²) in [7, 11) is 0. The highest BCUT2D eigenvalue weighted by atomic mass is 32.2. The first-order valence-electron chi connectivity index (χ1n) is 8.37. The number of anilines is 1. The number of ether oxygens (including phenoxy) is 2. The Balaban J connectivity index is 1.73. The van der Waals surface area contributed by atoms with E-state index in [2.05, 4.69) is 4.90 Å². The van der Waals surface area contributed by atoms with Gasteiger partial charge in [0.05, 0.1) is 24.7 Å². The molecule has 3 heterocycles. The lowest BCUT2D eigenvalue weighted by atomic mass is 10.3. The molecule has 0 unspecified atom stereocenters. The van der Waals surface area contributed by atoms with E-state index in [0.29, 0.717) is 24.9 Å². The first kappa shape index (κ1) is 18.5. The van der Waals surface area contributed by atoms with Crippen molar-refractivity contribution in [1.29, 1.82) is 0 Å². The van der Waals surface area contributed by atoms with Crippen LogP contribution in [0.3, 0.4) is 0 Å². The minimum atomic E-state index is -0.964. The Hall–Kier alpha value is -2.26. The summed E-state index contributed by atoms with van der Waals surface area (Å²) in [5.74, 6) is 0.0352. The highest BCUT2D eigenvalue weighted by Gasteiger charge is 2.41. The topological polar surface area (TPSA) is 89.3 Å². The molecule has 1 atom stereocenters. The fraction of sp³-hybridized carbons (Fsp3) is 0.471. The summed E-state index contributed by atoms with van der Waals surface area (Å²) in [5, 5.41) is -0.498. The van der Waals surface area contributed by atoms with Crippen LogP contribution in [0.25, 0.3) is 6.08 Å². The second-order valence-electron chi connectivity index (χ2n) is 5.76. The zero-order valence-electron chi connectivity index (χ0n) is 14.6. The van der Waals surface area contributed by atoms with Gasteiger partial charge < -0.3 is 18.8 Å². The summed E-state index contributed by atoms with van der Waals surface area (Å²) >= 11 is 0.782. The van der Waals surface area contributed by atoms with Gasteiger partial charge in [-0.1, -0.05) is 0 Å². The molecule has 0 radical (unpaired) electrons. The van der Waals surface area contributed by atoms with Gasteiger partial charge in [0.1, 0.15) is 11.8 Å². The number of morpholine rings is 1. The number of imide groups is 1. The van der Waals surface area contributed by atoms with E-state index in [-0.39, 0.29) is 11.5 Å². The number of hydrogen-bond acceptors (Lipinski definition) is 8. The number of carbonyl (C=O) groups excluding carboxylic acids is 3. The lowest BCUT2D eigenvalue weighted by molar-refractivity contribution is -0.150. The summed E-state index contributed by atoms with van der Waals surface area (Å²) in [5.41, 5.74) is 0. The van der Waals surface area contributed by atoms with E-state index < -0.39 is 23.2 Å². The van der Waals surface area contributed by atoms with Crippen LogP contribution in [0.15, 0.2) is 21.5 Å². The van der Waals surface area contributed by atoms with Gasteiger partial charge in [-0.15, -0.1) is 0 Å². The van der Waals surface area contributed by atoms with E-state index in [4.69, 9.17) is 13.9 Å². The van der Waals surface area contributed by atoms with Crippen molar-refractivity contribution in [3.05, 3.63) is 22.8 Å². The quantitative estimate of drug-likeness (QED) is 0.567. The molecule has 2 aliphatic heterocycles. The van der Waals surface area contributed by atoms with Crippen molar-refractivity contribution in [3.63, 3.8) is 0 Å². The molecule has 26 heavy (non-hydrogen) atoms. The normalized spacial score (nSPS) is 20.8. The van der Waals surface area contributed by atoms with E-state index in [1.54, 1.807) is 13.0 Å². The molecule has 2 aliphatic rings. The highest BCUT2D eigenvalue weighted by molar-refractivity contribution is 8.18. The number of hydrogen-bond donors (Lipinski definition) is 0. The van der Waals surface area contributed by atoms with Gasteiger partial charge in [0.2, 0.25) is 0 Å². The van der Waals surface area contributed by atoms with Crippen molar-refractivity contribution in [2.45, 2.75) is 19.9 Å². The summed E-state index contributed by atoms with van der Waals surface area (Å²) in [4.78, 5) is 39.7. The Morgan fingerprint density at radius 2 is 2.08 bits per heavy atom.